The van der Waals surface area contributed by atoms with E-state index in [-0.39, 0.29) is 11.6 Å². The van der Waals surface area contributed by atoms with E-state index in [1.54, 1.807) is 23.3 Å². The Hall–Kier alpha value is -4.20. The van der Waals surface area contributed by atoms with Crippen molar-refractivity contribution in [3.8, 4) is 22.8 Å². The number of hydrogen-bond acceptors (Lipinski definition) is 7. The minimum Gasteiger partial charge on any atom is -0.486 e. The van der Waals surface area contributed by atoms with Crippen LogP contribution in [-0.2, 0) is 13.1 Å². The molecule has 4 aromatic rings. The summed E-state index contributed by atoms with van der Waals surface area (Å²) in [5.41, 5.74) is 3.07. The van der Waals surface area contributed by atoms with Gasteiger partial charge in [-0.25, -0.2) is 0 Å². The molecule has 0 spiro atoms. The largest absolute Gasteiger partial charge is 0.486 e. The molecular weight excluding hydrogens is 434 g/mol. The molecule has 1 aliphatic heterocycles. The molecule has 0 N–H and O–H groups in total. The Morgan fingerprint density at radius 2 is 1.74 bits per heavy atom. The molecule has 2 aromatic heterocycles. The zero-order valence-corrected chi connectivity index (χ0v) is 19.1. The van der Waals surface area contributed by atoms with E-state index in [0.717, 1.165) is 16.8 Å². The van der Waals surface area contributed by atoms with Crippen LogP contribution in [0.1, 0.15) is 21.8 Å². The highest BCUT2D eigenvalue weighted by molar-refractivity contribution is 5.93. The molecular formula is C26H25N3O5. The lowest BCUT2D eigenvalue weighted by Crippen LogP contribution is -2.30. The van der Waals surface area contributed by atoms with Crippen molar-refractivity contribution in [2.75, 3.05) is 32.2 Å². The fourth-order valence-corrected chi connectivity index (χ4v) is 3.78. The maximum atomic E-state index is 13.4. The van der Waals surface area contributed by atoms with Crippen LogP contribution in [0.15, 0.2) is 75.9 Å². The zero-order chi connectivity index (χ0) is 23.5. The molecule has 0 fully saturated rings. The molecule has 0 aliphatic carbocycles. The van der Waals surface area contributed by atoms with E-state index in [9.17, 15) is 4.79 Å². The lowest BCUT2D eigenvalue weighted by Gasteiger charge is -2.21. The minimum absolute atomic E-state index is 0.223. The van der Waals surface area contributed by atoms with Crippen LogP contribution < -0.4 is 14.4 Å². The van der Waals surface area contributed by atoms with Crippen LogP contribution in [0, 0.1) is 0 Å². The first-order valence-corrected chi connectivity index (χ1v) is 11.0. The molecule has 1 aliphatic rings. The summed E-state index contributed by atoms with van der Waals surface area (Å²) in [6.07, 6.45) is 1.60. The molecule has 8 nitrogen and oxygen atoms in total. The van der Waals surface area contributed by atoms with E-state index in [0.29, 0.717) is 49.3 Å². The number of nitrogens with zero attached hydrogens (tertiary/aromatic N) is 3. The van der Waals surface area contributed by atoms with Crippen LogP contribution in [0.4, 0.5) is 5.69 Å². The van der Waals surface area contributed by atoms with Crippen molar-refractivity contribution >= 4 is 11.6 Å². The Bertz CT molecular complexity index is 1260. The van der Waals surface area contributed by atoms with Crippen LogP contribution in [0.5, 0.6) is 11.5 Å². The fraction of sp³-hybridized carbons (Fsp3) is 0.231. The van der Waals surface area contributed by atoms with Gasteiger partial charge in [0, 0.05) is 38.0 Å². The summed E-state index contributed by atoms with van der Waals surface area (Å²) < 4.78 is 22.2. The molecule has 1 amide bonds. The van der Waals surface area contributed by atoms with Gasteiger partial charge in [-0.15, -0.1) is 0 Å². The monoisotopic (exact) mass is 459 g/mol. The Kier molecular flexibility index (Phi) is 5.95. The first-order chi connectivity index (χ1) is 16.6. The molecule has 0 saturated heterocycles. The van der Waals surface area contributed by atoms with Gasteiger partial charge in [0.05, 0.1) is 12.8 Å². The summed E-state index contributed by atoms with van der Waals surface area (Å²) in [6.45, 7) is 1.73. The van der Waals surface area contributed by atoms with E-state index in [2.05, 4.69) is 5.16 Å². The molecule has 0 radical (unpaired) electrons. The van der Waals surface area contributed by atoms with Crippen LogP contribution in [0.3, 0.4) is 0 Å². The van der Waals surface area contributed by atoms with E-state index in [4.69, 9.17) is 18.4 Å². The van der Waals surface area contributed by atoms with Crippen LogP contribution >= 0.6 is 0 Å². The first kappa shape index (κ1) is 21.6. The van der Waals surface area contributed by atoms with Crippen molar-refractivity contribution in [1.82, 2.24) is 10.1 Å². The maximum absolute atomic E-state index is 13.4. The van der Waals surface area contributed by atoms with Gasteiger partial charge in [-0.1, -0.05) is 17.3 Å². The van der Waals surface area contributed by atoms with Crippen molar-refractivity contribution in [2.24, 2.45) is 0 Å². The number of rotatable bonds is 7. The number of aromatic nitrogens is 1. The molecule has 0 saturated carbocycles. The Balaban J connectivity index is 1.38. The first-order valence-electron chi connectivity index (χ1n) is 11.0. The summed E-state index contributed by atoms with van der Waals surface area (Å²) in [5.74, 6) is 2.26. The van der Waals surface area contributed by atoms with E-state index < -0.39 is 0 Å². The van der Waals surface area contributed by atoms with Crippen LogP contribution in [-0.4, -0.2) is 43.3 Å². The number of amides is 1. The van der Waals surface area contributed by atoms with Crippen molar-refractivity contribution in [3.63, 3.8) is 0 Å². The van der Waals surface area contributed by atoms with Gasteiger partial charge in [-0.05, 0) is 48.0 Å². The second kappa shape index (κ2) is 9.35. The van der Waals surface area contributed by atoms with Crippen molar-refractivity contribution in [1.29, 1.82) is 0 Å². The number of benzene rings is 2. The summed E-state index contributed by atoms with van der Waals surface area (Å²) in [4.78, 5) is 17.2. The Labute approximate surface area is 197 Å². The van der Waals surface area contributed by atoms with Crippen LogP contribution in [0.2, 0.25) is 0 Å². The quantitative estimate of drug-likeness (QED) is 0.399. The molecule has 34 heavy (non-hydrogen) atoms. The Morgan fingerprint density at radius 1 is 0.941 bits per heavy atom. The predicted octanol–water partition coefficient (Wildman–Crippen LogP) is 4.61. The van der Waals surface area contributed by atoms with Crippen molar-refractivity contribution < 1.29 is 23.2 Å². The number of carbonyl (C=O) groups is 1. The minimum atomic E-state index is -0.249. The molecule has 8 heteroatoms. The number of fused-ring (bicyclic) bond motifs is 1. The SMILES string of the molecule is CN(C)c1ccc(CN(Cc2ccco2)C(=O)c2cc(-c3ccc4c(c3)OCCO4)on2)cc1. The number of hydrogen-bond donors (Lipinski definition) is 0. The average Bonchev–Trinajstić information content (AvgIpc) is 3.56. The number of ether oxygens (including phenoxy) is 2. The third-order valence-electron chi connectivity index (χ3n) is 5.60. The molecule has 5 rings (SSSR count). The highest BCUT2D eigenvalue weighted by Crippen LogP contribution is 2.34. The normalized spacial score (nSPS) is 12.4. The third kappa shape index (κ3) is 4.61. The lowest BCUT2D eigenvalue weighted by molar-refractivity contribution is 0.0707. The third-order valence-corrected chi connectivity index (χ3v) is 5.60. The lowest BCUT2D eigenvalue weighted by atomic mass is 10.1. The zero-order valence-electron chi connectivity index (χ0n) is 19.1. The van der Waals surface area contributed by atoms with Crippen molar-refractivity contribution in [2.45, 2.75) is 13.1 Å². The highest BCUT2D eigenvalue weighted by atomic mass is 16.6. The van der Waals surface area contributed by atoms with Gasteiger partial charge < -0.3 is 28.2 Å². The second-order valence-electron chi connectivity index (χ2n) is 8.24. The van der Waals surface area contributed by atoms with Gasteiger partial charge in [0.15, 0.2) is 23.0 Å². The summed E-state index contributed by atoms with van der Waals surface area (Å²) >= 11 is 0. The Morgan fingerprint density at radius 3 is 2.47 bits per heavy atom. The van der Waals surface area contributed by atoms with Crippen molar-refractivity contribution in [3.05, 3.63) is 83.9 Å². The van der Waals surface area contributed by atoms with E-state index in [1.165, 1.54) is 0 Å². The van der Waals surface area contributed by atoms with Crippen LogP contribution in [0.25, 0.3) is 11.3 Å². The van der Waals surface area contributed by atoms with Gasteiger partial charge in [0.2, 0.25) is 0 Å². The summed E-state index contributed by atoms with van der Waals surface area (Å²) in [6, 6.07) is 18.9. The average molecular weight is 460 g/mol. The second-order valence-corrected chi connectivity index (χ2v) is 8.24. The van der Waals surface area contributed by atoms with E-state index in [1.807, 2.05) is 67.5 Å². The van der Waals surface area contributed by atoms with Gasteiger partial charge in [0.25, 0.3) is 5.91 Å². The molecule has 3 heterocycles. The fourth-order valence-electron chi connectivity index (χ4n) is 3.78. The maximum Gasteiger partial charge on any atom is 0.276 e. The molecule has 0 bridgehead atoms. The predicted molar refractivity (Wildman–Crippen MR) is 126 cm³/mol. The van der Waals surface area contributed by atoms with Gasteiger partial charge in [-0.2, -0.15) is 0 Å². The number of furan rings is 1. The molecule has 174 valence electrons. The van der Waals surface area contributed by atoms with Gasteiger partial charge in [-0.3, -0.25) is 4.79 Å². The van der Waals surface area contributed by atoms with Gasteiger partial charge in [0.1, 0.15) is 19.0 Å². The molecule has 0 atom stereocenters. The standard InChI is InChI=1S/C26H25N3O5/c1-28(2)20-8-5-18(6-9-20)16-29(17-21-4-3-11-31-21)26(30)22-15-24(34-27-22)19-7-10-23-25(14-19)33-13-12-32-23/h3-11,14-15H,12-13,16-17H2,1-2H3. The topological polar surface area (TPSA) is 81.2 Å². The van der Waals surface area contributed by atoms with Gasteiger partial charge >= 0.3 is 0 Å². The number of anilines is 1. The number of carbonyl (C=O) groups excluding carboxylic acids is 1. The smallest absolute Gasteiger partial charge is 0.276 e. The summed E-state index contributed by atoms with van der Waals surface area (Å²) in [7, 11) is 3.98. The molecule has 0 unspecified atom stereocenters. The highest BCUT2D eigenvalue weighted by Gasteiger charge is 2.23. The summed E-state index contributed by atoms with van der Waals surface area (Å²) in [5, 5.41) is 4.06. The molecule has 2 aromatic carbocycles. The van der Waals surface area contributed by atoms with E-state index >= 15 is 0 Å².